The Morgan fingerprint density at radius 1 is 1.47 bits per heavy atom. The van der Waals surface area contributed by atoms with Crippen LogP contribution in [0, 0.1) is 10.1 Å². The zero-order valence-electron chi connectivity index (χ0n) is 8.83. The van der Waals surface area contributed by atoms with Crippen molar-refractivity contribution in [1.29, 1.82) is 0 Å². The van der Waals surface area contributed by atoms with Gasteiger partial charge in [-0.3, -0.25) is 10.1 Å². The average Bonchev–Trinajstić information content (AvgIpc) is 2.35. The van der Waals surface area contributed by atoms with Crippen LogP contribution in [0.5, 0.6) is 0 Å². The third-order valence-electron chi connectivity index (χ3n) is 2.00. The number of rotatable bonds is 6. The van der Waals surface area contributed by atoms with Crippen molar-refractivity contribution in [2.45, 2.75) is 6.04 Å². The van der Waals surface area contributed by atoms with Crippen molar-refractivity contribution in [2.24, 2.45) is 5.84 Å². The Balaban J connectivity index is 3.04. The molecule has 0 saturated carbocycles. The highest BCUT2D eigenvalue weighted by molar-refractivity contribution is 5.60. The number of nitrogens with one attached hydrogen (secondary N) is 2. The van der Waals surface area contributed by atoms with E-state index in [-0.39, 0.29) is 30.5 Å². The highest BCUT2D eigenvalue weighted by atomic mass is 16.6. The summed E-state index contributed by atoms with van der Waals surface area (Å²) in [6.45, 7) is -0.759. The van der Waals surface area contributed by atoms with E-state index >= 15 is 0 Å². The second-order valence-electron chi connectivity index (χ2n) is 3.17. The number of hydrazine groups is 1. The number of hydrogen-bond donors (Lipinski definition) is 5. The molecule has 0 bridgehead atoms. The van der Waals surface area contributed by atoms with E-state index in [4.69, 9.17) is 16.1 Å². The maximum atomic E-state index is 10.7. The number of hydrogen-bond acceptors (Lipinski definition) is 8. The summed E-state index contributed by atoms with van der Waals surface area (Å²) in [5.41, 5.74) is 1.98. The summed E-state index contributed by atoms with van der Waals surface area (Å²) in [4.78, 5) is 13.9. The topological polar surface area (TPSA) is 147 Å². The number of nitrogens with two attached hydrogens (primary N) is 1. The third kappa shape index (κ3) is 3.24. The zero-order valence-corrected chi connectivity index (χ0v) is 8.83. The molecule has 0 aliphatic rings. The van der Waals surface area contributed by atoms with E-state index in [1.54, 1.807) is 0 Å². The molecular weight excluding hydrogens is 230 g/mol. The average molecular weight is 243 g/mol. The molecule has 9 nitrogen and oxygen atoms in total. The third-order valence-corrected chi connectivity index (χ3v) is 2.00. The van der Waals surface area contributed by atoms with Crippen LogP contribution in [-0.2, 0) is 0 Å². The summed E-state index contributed by atoms with van der Waals surface area (Å²) in [6, 6.07) is 1.83. The Labute approximate surface area is 96.4 Å². The Hall–Kier alpha value is -1.97. The second-order valence-corrected chi connectivity index (χ2v) is 3.17. The van der Waals surface area contributed by atoms with Crippen LogP contribution in [0.4, 0.5) is 17.3 Å². The standard InChI is InChI=1S/C8H13N5O4/c9-12-7-2-1-6(13(16)17)8(11-7)10-5(3-14)4-15/h1-2,5,14-15H,3-4,9H2,(H2,10,11,12). The van der Waals surface area contributed by atoms with Crippen molar-refractivity contribution >= 4 is 17.3 Å². The van der Waals surface area contributed by atoms with E-state index in [0.717, 1.165) is 0 Å². The van der Waals surface area contributed by atoms with E-state index in [9.17, 15) is 10.1 Å². The van der Waals surface area contributed by atoms with Gasteiger partial charge >= 0.3 is 5.69 Å². The van der Waals surface area contributed by atoms with Gasteiger partial charge < -0.3 is 21.0 Å². The molecule has 6 N–H and O–H groups in total. The van der Waals surface area contributed by atoms with Crippen molar-refractivity contribution < 1.29 is 15.1 Å². The van der Waals surface area contributed by atoms with Gasteiger partial charge in [-0.05, 0) is 6.07 Å². The molecule has 1 aromatic heterocycles. The van der Waals surface area contributed by atoms with E-state index in [0.29, 0.717) is 0 Å². The van der Waals surface area contributed by atoms with Gasteiger partial charge in [0.25, 0.3) is 0 Å². The maximum Gasteiger partial charge on any atom is 0.311 e. The molecule has 1 heterocycles. The van der Waals surface area contributed by atoms with Gasteiger partial charge in [-0.15, -0.1) is 0 Å². The van der Waals surface area contributed by atoms with Crippen molar-refractivity contribution in [1.82, 2.24) is 4.98 Å². The van der Waals surface area contributed by atoms with Gasteiger partial charge in [0.15, 0.2) is 0 Å². The van der Waals surface area contributed by atoms with Gasteiger partial charge in [0.05, 0.1) is 24.2 Å². The summed E-state index contributed by atoms with van der Waals surface area (Å²) in [6.07, 6.45) is 0. The molecule has 0 atom stereocenters. The Bertz CT molecular complexity index is 396. The largest absolute Gasteiger partial charge is 0.394 e. The Morgan fingerprint density at radius 2 is 2.12 bits per heavy atom. The maximum absolute atomic E-state index is 10.7. The molecule has 17 heavy (non-hydrogen) atoms. The molecule has 0 spiro atoms. The first-order valence-electron chi connectivity index (χ1n) is 4.72. The molecule has 9 heteroatoms. The number of aliphatic hydroxyl groups is 2. The van der Waals surface area contributed by atoms with Crippen molar-refractivity contribution in [3.05, 3.63) is 22.2 Å². The molecule has 0 aliphatic carbocycles. The lowest BCUT2D eigenvalue weighted by molar-refractivity contribution is -0.384. The van der Waals surface area contributed by atoms with Gasteiger partial charge in [-0.1, -0.05) is 0 Å². The molecular formula is C8H13N5O4. The monoisotopic (exact) mass is 243 g/mol. The predicted octanol–water partition coefficient (Wildman–Crippen LogP) is -0.960. The van der Waals surface area contributed by atoms with Gasteiger partial charge in [0, 0.05) is 6.07 Å². The lowest BCUT2D eigenvalue weighted by Gasteiger charge is -2.14. The molecule has 1 aromatic rings. The van der Waals surface area contributed by atoms with Crippen molar-refractivity contribution in [3.63, 3.8) is 0 Å². The van der Waals surface area contributed by atoms with Crippen LogP contribution in [0.3, 0.4) is 0 Å². The number of nitrogens with zero attached hydrogens (tertiary/aromatic N) is 2. The number of aliphatic hydroxyl groups excluding tert-OH is 2. The molecule has 1 rings (SSSR count). The highest BCUT2D eigenvalue weighted by Gasteiger charge is 2.18. The van der Waals surface area contributed by atoms with Crippen LogP contribution in [0.2, 0.25) is 0 Å². The minimum Gasteiger partial charge on any atom is -0.394 e. The predicted molar refractivity (Wildman–Crippen MR) is 60.3 cm³/mol. The fraction of sp³-hybridized carbons (Fsp3) is 0.375. The van der Waals surface area contributed by atoms with E-state index in [1.807, 2.05) is 0 Å². The van der Waals surface area contributed by atoms with Crippen LogP contribution in [0.15, 0.2) is 12.1 Å². The fourth-order valence-electron chi connectivity index (χ4n) is 1.13. The summed E-state index contributed by atoms with van der Waals surface area (Å²) < 4.78 is 0. The normalized spacial score (nSPS) is 10.4. The fourth-order valence-corrected chi connectivity index (χ4v) is 1.13. The molecule has 0 radical (unpaired) electrons. The first kappa shape index (κ1) is 13.1. The minimum atomic E-state index is -0.728. The summed E-state index contributed by atoms with van der Waals surface area (Å²) in [7, 11) is 0. The van der Waals surface area contributed by atoms with Crippen LogP contribution < -0.4 is 16.6 Å². The molecule has 94 valence electrons. The molecule has 0 fully saturated rings. The van der Waals surface area contributed by atoms with Gasteiger partial charge in [0.2, 0.25) is 5.82 Å². The Kier molecular flexibility index (Phi) is 4.57. The van der Waals surface area contributed by atoms with Gasteiger partial charge in [-0.2, -0.15) is 0 Å². The molecule has 0 saturated heterocycles. The van der Waals surface area contributed by atoms with Crippen LogP contribution >= 0.6 is 0 Å². The Morgan fingerprint density at radius 3 is 2.59 bits per heavy atom. The van der Waals surface area contributed by atoms with Gasteiger partial charge in [0.1, 0.15) is 5.82 Å². The number of nitro groups is 1. The highest BCUT2D eigenvalue weighted by Crippen LogP contribution is 2.24. The molecule has 0 aliphatic heterocycles. The van der Waals surface area contributed by atoms with E-state index < -0.39 is 11.0 Å². The minimum absolute atomic E-state index is 0.0708. The summed E-state index contributed by atoms with van der Waals surface area (Å²) >= 11 is 0. The van der Waals surface area contributed by atoms with Gasteiger partial charge in [-0.25, -0.2) is 10.8 Å². The van der Waals surface area contributed by atoms with Crippen LogP contribution in [-0.4, -0.2) is 39.4 Å². The number of aromatic nitrogens is 1. The number of anilines is 2. The smallest absolute Gasteiger partial charge is 0.311 e. The van der Waals surface area contributed by atoms with Crippen LogP contribution in [0.1, 0.15) is 0 Å². The second kappa shape index (κ2) is 5.94. The number of pyridine rings is 1. The lowest BCUT2D eigenvalue weighted by atomic mass is 10.3. The van der Waals surface area contributed by atoms with Crippen molar-refractivity contribution in [3.8, 4) is 0 Å². The molecule has 0 aromatic carbocycles. The molecule has 0 unspecified atom stereocenters. The zero-order chi connectivity index (χ0) is 12.8. The first-order chi connectivity index (χ1) is 8.12. The lowest BCUT2D eigenvalue weighted by Crippen LogP contribution is -2.28. The quantitative estimate of drug-likeness (QED) is 0.244. The van der Waals surface area contributed by atoms with Crippen LogP contribution in [0.25, 0.3) is 0 Å². The first-order valence-corrected chi connectivity index (χ1v) is 4.72. The van der Waals surface area contributed by atoms with Crippen molar-refractivity contribution in [2.75, 3.05) is 24.0 Å². The van der Waals surface area contributed by atoms with E-state index in [2.05, 4.69) is 15.7 Å². The molecule has 0 amide bonds. The SMILES string of the molecule is NNc1ccc([N+](=O)[O-])c(NC(CO)CO)n1. The summed E-state index contributed by atoms with van der Waals surface area (Å²) in [5.74, 6) is 5.29. The van der Waals surface area contributed by atoms with E-state index in [1.165, 1.54) is 12.1 Å². The summed E-state index contributed by atoms with van der Waals surface area (Å²) in [5, 5.41) is 31.0. The number of nitrogen functional groups attached to an aromatic ring is 1.